The standard InChI is InChI=1S/C10H15ClN4O2/c1-16-9-13-8(11)14-10(15-9)17-5-3-7-2-4-12-6-7/h7,12H,2-6H2,1H3. The van der Waals surface area contributed by atoms with Crippen LogP contribution in [-0.4, -0.2) is 41.8 Å². The Kier molecular flexibility index (Phi) is 4.33. The molecule has 7 heteroatoms. The minimum Gasteiger partial charge on any atom is -0.467 e. The lowest BCUT2D eigenvalue weighted by molar-refractivity contribution is 0.256. The van der Waals surface area contributed by atoms with Gasteiger partial charge >= 0.3 is 12.0 Å². The van der Waals surface area contributed by atoms with E-state index in [1.807, 2.05) is 0 Å². The second-order valence-electron chi connectivity index (χ2n) is 3.87. The van der Waals surface area contributed by atoms with E-state index in [0.29, 0.717) is 12.5 Å². The molecular formula is C10H15ClN4O2. The van der Waals surface area contributed by atoms with Crippen molar-refractivity contribution in [1.82, 2.24) is 20.3 Å². The van der Waals surface area contributed by atoms with Gasteiger partial charge in [0.1, 0.15) is 0 Å². The molecule has 1 saturated heterocycles. The molecule has 1 unspecified atom stereocenters. The van der Waals surface area contributed by atoms with Crippen LogP contribution in [0.5, 0.6) is 12.0 Å². The molecule has 2 heterocycles. The van der Waals surface area contributed by atoms with Crippen LogP contribution in [0.2, 0.25) is 5.28 Å². The SMILES string of the molecule is COc1nc(Cl)nc(OCCC2CCNC2)n1. The van der Waals surface area contributed by atoms with E-state index in [-0.39, 0.29) is 17.3 Å². The number of methoxy groups -OCH3 is 1. The molecule has 0 aromatic carbocycles. The summed E-state index contributed by atoms with van der Waals surface area (Å²) in [5, 5.41) is 3.39. The fraction of sp³-hybridized carbons (Fsp3) is 0.700. The Bertz CT molecular complexity index is 371. The van der Waals surface area contributed by atoms with Crippen molar-refractivity contribution < 1.29 is 9.47 Å². The number of ether oxygens (including phenoxy) is 2. The van der Waals surface area contributed by atoms with Crippen LogP contribution in [-0.2, 0) is 0 Å². The molecule has 1 aromatic heterocycles. The van der Waals surface area contributed by atoms with Gasteiger partial charge in [-0.2, -0.15) is 9.97 Å². The van der Waals surface area contributed by atoms with E-state index in [2.05, 4.69) is 20.3 Å². The Balaban J connectivity index is 1.83. The predicted octanol–water partition coefficient (Wildman–Crippen LogP) is 0.912. The minimum atomic E-state index is 0.0781. The molecule has 1 aromatic rings. The number of hydrogen-bond acceptors (Lipinski definition) is 6. The van der Waals surface area contributed by atoms with Crippen molar-refractivity contribution >= 4 is 11.6 Å². The molecule has 0 saturated carbocycles. The van der Waals surface area contributed by atoms with Gasteiger partial charge in [-0.3, -0.25) is 0 Å². The average molecular weight is 259 g/mol. The third-order valence-corrected chi connectivity index (χ3v) is 2.84. The molecule has 6 nitrogen and oxygen atoms in total. The van der Waals surface area contributed by atoms with Crippen LogP contribution in [0, 0.1) is 5.92 Å². The molecule has 1 fully saturated rings. The molecule has 1 atom stereocenters. The zero-order valence-electron chi connectivity index (χ0n) is 9.65. The van der Waals surface area contributed by atoms with Crippen molar-refractivity contribution in [2.75, 3.05) is 26.8 Å². The van der Waals surface area contributed by atoms with E-state index in [1.165, 1.54) is 13.5 Å². The van der Waals surface area contributed by atoms with Crippen molar-refractivity contribution in [3.63, 3.8) is 0 Å². The molecule has 94 valence electrons. The van der Waals surface area contributed by atoms with Gasteiger partial charge in [-0.25, -0.2) is 0 Å². The maximum Gasteiger partial charge on any atom is 0.323 e. The van der Waals surface area contributed by atoms with Crippen LogP contribution in [0.1, 0.15) is 12.8 Å². The smallest absolute Gasteiger partial charge is 0.323 e. The maximum absolute atomic E-state index is 5.70. The van der Waals surface area contributed by atoms with Crippen LogP contribution in [0.25, 0.3) is 0 Å². The monoisotopic (exact) mass is 258 g/mol. The summed E-state index contributed by atoms with van der Waals surface area (Å²) in [6.07, 6.45) is 2.18. The Morgan fingerprint density at radius 1 is 1.35 bits per heavy atom. The van der Waals surface area contributed by atoms with E-state index in [1.54, 1.807) is 0 Å². The van der Waals surface area contributed by atoms with Gasteiger partial charge in [-0.15, -0.1) is 4.98 Å². The third-order valence-electron chi connectivity index (χ3n) is 2.67. The number of rotatable bonds is 5. The Hall–Kier alpha value is -1.14. The first-order valence-electron chi connectivity index (χ1n) is 5.57. The fourth-order valence-corrected chi connectivity index (χ4v) is 1.89. The molecule has 0 radical (unpaired) electrons. The molecule has 0 amide bonds. The fourth-order valence-electron chi connectivity index (χ4n) is 1.75. The van der Waals surface area contributed by atoms with Gasteiger partial charge in [0.15, 0.2) is 0 Å². The average Bonchev–Trinajstić information content (AvgIpc) is 2.81. The summed E-state index contributed by atoms with van der Waals surface area (Å²) in [7, 11) is 1.47. The number of nitrogens with one attached hydrogen (secondary N) is 1. The lowest BCUT2D eigenvalue weighted by Gasteiger charge is -2.08. The van der Waals surface area contributed by atoms with Gasteiger partial charge in [-0.1, -0.05) is 0 Å². The Labute approximate surface area is 105 Å². The lowest BCUT2D eigenvalue weighted by atomic mass is 10.1. The highest BCUT2D eigenvalue weighted by Gasteiger charge is 2.14. The first-order valence-corrected chi connectivity index (χ1v) is 5.95. The molecule has 1 N–H and O–H groups in total. The summed E-state index contributed by atoms with van der Waals surface area (Å²) >= 11 is 5.70. The number of halogens is 1. The summed E-state index contributed by atoms with van der Waals surface area (Å²) in [5.74, 6) is 0.675. The molecule has 0 aliphatic carbocycles. The quantitative estimate of drug-likeness (QED) is 0.847. The van der Waals surface area contributed by atoms with Crippen LogP contribution >= 0.6 is 11.6 Å². The van der Waals surface area contributed by atoms with Crippen molar-refractivity contribution in [3.8, 4) is 12.0 Å². The van der Waals surface area contributed by atoms with E-state index in [9.17, 15) is 0 Å². The summed E-state index contributed by atoms with van der Waals surface area (Å²) in [4.78, 5) is 11.6. The molecule has 0 spiro atoms. The Morgan fingerprint density at radius 3 is 2.88 bits per heavy atom. The zero-order valence-corrected chi connectivity index (χ0v) is 10.4. The van der Waals surface area contributed by atoms with Gasteiger partial charge < -0.3 is 14.8 Å². The van der Waals surface area contributed by atoms with Crippen LogP contribution in [0.15, 0.2) is 0 Å². The second-order valence-corrected chi connectivity index (χ2v) is 4.21. The maximum atomic E-state index is 5.70. The number of nitrogens with zero attached hydrogens (tertiary/aromatic N) is 3. The molecule has 17 heavy (non-hydrogen) atoms. The highest BCUT2D eigenvalue weighted by atomic mass is 35.5. The number of hydrogen-bond donors (Lipinski definition) is 1. The van der Waals surface area contributed by atoms with E-state index in [4.69, 9.17) is 21.1 Å². The van der Waals surface area contributed by atoms with Crippen molar-refractivity contribution in [3.05, 3.63) is 5.28 Å². The highest BCUT2D eigenvalue weighted by Crippen LogP contribution is 2.15. The zero-order chi connectivity index (χ0) is 12.1. The van der Waals surface area contributed by atoms with E-state index >= 15 is 0 Å². The largest absolute Gasteiger partial charge is 0.467 e. The summed E-state index contributed by atoms with van der Waals surface area (Å²) < 4.78 is 10.3. The van der Waals surface area contributed by atoms with Gasteiger partial charge in [0, 0.05) is 0 Å². The van der Waals surface area contributed by atoms with Gasteiger partial charge in [0.05, 0.1) is 13.7 Å². The second kappa shape index (κ2) is 5.97. The van der Waals surface area contributed by atoms with Crippen LogP contribution in [0.4, 0.5) is 0 Å². The first-order chi connectivity index (χ1) is 8.28. The molecule has 2 rings (SSSR count). The van der Waals surface area contributed by atoms with Crippen molar-refractivity contribution in [2.24, 2.45) is 5.92 Å². The summed E-state index contributed by atoms with van der Waals surface area (Å²) in [5.41, 5.74) is 0. The Morgan fingerprint density at radius 2 is 2.18 bits per heavy atom. The predicted molar refractivity (Wildman–Crippen MR) is 62.5 cm³/mol. The molecule has 1 aliphatic rings. The third kappa shape index (κ3) is 3.67. The van der Waals surface area contributed by atoms with Crippen molar-refractivity contribution in [2.45, 2.75) is 12.8 Å². The number of aromatic nitrogens is 3. The first kappa shape index (κ1) is 12.3. The topological polar surface area (TPSA) is 69.2 Å². The van der Waals surface area contributed by atoms with Crippen LogP contribution in [0.3, 0.4) is 0 Å². The molecular weight excluding hydrogens is 244 g/mol. The molecule has 0 bridgehead atoms. The van der Waals surface area contributed by atoms with E-state index < -0.39 is 0 Å². The summed E-state index contributed by atoms with van der Waals surface area (Å²) in [6.45, 7) is 2.73. The molecule has 1 aliphatic heterocycles. The minimum absolute atomic E-state index is 0.0781. The van der Waals surface area contributed by atoms with Gasteiger partial charge in [-0.05, 0) is 43.5 Å². The van der Waals surface area contributed by atoms with Crippen molar-refractivity contribution in [1.29, 1.82) is 0 Å². The normalized spacial score (nSPS) is 19.3. The summed E-state index contributed by atoms with van der Waals surface area (Å²) in [6, 6.07) is 0.385. The van der Waals surface area contributed by atoms with Gasteiger partial charge in [0.25, 0.3) is 0 Å². The highest BCUT2D eigenvalue weighted by molar-refractivity contribution is 6.28. The van der Waals surface area contributed by atoms with Gasteiger partial charge in [0.2, 0.25) is 5.28 Å². The van der Waals surface area contributed by atoms with E-state index in [0.717, 1.165) is 19.5 Å². The lowest BCUT2D eigenvalue weighted by Crippen LogP contribution is -2.12. The van der Waals surface area contributed by atoms with Crippen LogP contribution < -0.4 is 14.8 Å².